The van der Waals surface area contributed by atoms with Crippen molar-refractivity contribution in [3.05, 3.63) is 29.3 Å². The Bertz CT molecular complexity index is 556. The Morgan fingerprint density at radius 3 is 2.48 bits per heavy atom. The summed E-state index contributed by atoms with van der Waals surface area (Å²) in [6, 6.07) is 5.10. The van der Waals surface area contributed by atoms with E-state index in [0.29, 0.717) is 24.5 Å². The van der Waals surface area contributed by atoms with Crippen LogP contribution in [0.4, 0.5) is 0 Å². The van der Waals surface area contributed by atoms with Crippen LogP contribution in [0.2, 0.25) is 0 Å². The van der Waals surface area contributed by atoms with Gasteiger partial charge in [-0.15, -0.1) is 0 Å². The lowest BCUT2D eigenvalue weighted by Crippen LogP contribution is -2.41. The van der Waals surface area contributed by atoms with Gasteiger partial charge in [0.1, 0.15) is 0 Å². The molecule has 21 heavy (non-hydrogen) atoms. The zero-order valence-electron chi connectivity index (χ0n) is 13.2. The number of aryl methyl sites for hydroxylation is 1. The van der Waals surface area contributed by atoms with E-state index in [1.54, 1.807) is 13.2 Å². The van der Waals surface area contributed by atoms with Crippen LogP contribution in [-0.2, 0) is 27.7 Å². The monoisotopic (exact) mass is 314 g/mol. The van der Waals surface area contributed by atoms with E-state index in [0.717, 1.165) is 11.1 Å². The van der Waals surface area contributed by atoms with Gasteiger partial charge in [0.25, 0.3) is 0 Å². The average molecular weight is 314 g/mol. The molecular formula is C15H26N2O3S. The van der Waals surface area contributed by atoms with Gasteiger partial charge in [-0.3, -0.25) is 0 Å². The number of benzene rings is 1. The van der Waals surface area contributed by atoms with Crippen molar-refractivity contribution in [3.63, 3.8) is 0 Å². The van der Waals surface area contributed by atoms with Crippen molar-refractivity contribution in [1.82, 2.24) is 4.72 Å². The maximum Gasteiger partial charge on any atom is 0.241 e. The molecule has 1 unspecified atom stereocenters. The molecule has 0 saturated carbocycles. The van der Waals surface area contributed by atoms with E-state index >= 15 is 0 Å². The van der Waals surface area contributed by atoms with Crippen LogP contribution in [0.15, 0.2) is 23.1 Å². The smallest absolute Gasteiger partial charge is 0.241 e. The Balaban J connectivity index is 3.17. The van der Waals surface area contributed by atoms with Crippen LogP contribution in [0.5, 0.6) is 0 Å². The summed E-state index contributed by atoms with van der Waals surface area (Å²) in [6.07, 6.45) is 0.651. The molecule has 0 spiro atoms. The molecule has 5 nitrogen and oxygen atoms in total. The molecule has 0 aromatic heterocycles. The highest BCUT2D eigenvalue weighted by Gasteiger charge is 2.24. The third kappa shape index (κ3) is 4.78. The number of rotatable bonds is 8. The van der Waals surface area contributed by atoms with Gasteiger partial charge < -0.3 is 10.5 Å². The van der Waals surface area contributed by atoms with Crippen LogP contribution < -0.4 is 10.5 Å². The van der Waals surface area contributed by atoms with Crippen molar-refractivity contribution >= 4 is 10.0 Å². The second kappa shape index (κ2) is 7.89. The Morgan fingerprint density at radius 2 is 2.00 bits per heavy atom. The van der Waals surface area contributed by atoms with Crippen LogP contribution in [0.25, 0.3) is 0 Å². The van der Waals surface area contributed by atoms with Gasteiger partial charge in [-0.1, -0.05) is 32.9 Å². The molecule has 0 bridgehead atoms. The SMILES string of the molecule is CCc1ccc(CN)cc1S(=O)(=O)NC(COC)C(C)C. The first-order chi connectivity index (χ1) is 9.85. The number of nitrogens with one attached hydrogen (secondary N) is 1. The first kappa shape index (κ1) is 18.1. The second-order valence-corrected chi connectivity index (χ2v) is 7.11. The summed E-state index contributed by atoms with van der Waals surface area (Å²) in [5, 5.41) is 0. The number of hydrogen-bond donors (Lipinski definition) is 2. The number of sulfonamides is 1. The molecule has 0 radical (unpaired) electrons. The van der Waals surface area contributed by atoms with E-state index < -0.39 is 10.0 Å². The summed E-state index contributed by atoms with van der Waals surface area (Å²) in [4.78, 5) is 0.315. The normalized spacial score (nSPS) is 13.6. The van der Waals surface area contributed by atoms with Gasteiger partial charge >= 0.3 is 0 Å². The Morgan fingerprint density at radius 1 is 1.33 bits per heavy atom. The standard InChI is InChI=1S/C15H26N2O3S/c1-5-13-7-6-12(9-16)8-15(13)21(18,19)17-14(10-20-4)11(2)3/h6-8,11,14,17H,5,9-10,16H2,1-4H3. The third-order valence-corrected chi connectivity index (χ3v) is 5.07. The molecule has 1 aromatic rings. The molecule has 1 atom stereocenters. The summed E-state index contributed by atoms with van der Waals surface area (Å²) in [5.74, 6) is 0.141. The molecule has 0 amide bonds. The highest BCUT2D eigenvalue weighted by Crippen LogP contribution is 2.20. The van der Waals surface area contributed by atoms with Crippen LogP contribution in [0, 0.1) is 5.92 Å². The Kier molecular flexibility index (Phi) is 6.80. The molecule has 6 heteroatoms. The summed E-state index contributed by atoms with van der Waals surface area (Å²) in [6.45, 7) is 6.52. The van der Waals surface area contributed by atoms with Crippen molar-refractivity contribution in [2.75, 3.05) is 13.7 Å². The predicted molar refractivity (Wildman–Crippen MR) is 84.5 cm³/mol. The Labute approximate surface area is 127 Å². The van der Waals surface area contributed by atoms with Crippen LogP contribution >= 0.6 is 0 Å². The molecule has 0 saturated heterocycles. The maximum atomic E-state index is 12.7. The van der Waals surface area contributed by atoms with E-state index in [9.17, 15) is 8.42 Å². The van der Waals surface area contributed by atoms with Crippen LogP contribution in [-0.4, -0.2) is 28.2 Å². The molecule has 0 aliphatic carbocycles. The first-order valence-corrected chi connectivity index (χ1v) is 8.67. The molecule has 1 aromatic carbocycles. The summed E-state index contributed by atoms with van der Waals surface area (Å²) >= 11 is 0. The van der Waals surface area contributed by atoms with E-state index in [4.69, 9.17) is 10.5 Å². The van der Waals surface area contributed by atoms with E-state index in [-0.39, 0.29) is 12.0 Å². The van der Waals surface area contributed by atoms with Gasteiger partial charge in [-0.25, -0.2) is 13.1 Å². The highest BCUT2D eigenvalue weighted by atomic mass is 32.2. The molecule has 0 heterocycles. The molecule has 3 N–H and O–H groups in total. The number of nitrogens with two attached hydrogens (primary N) is 1. The van der Waals surface area contributed by atoms with Crippen molar-refractivity contribution in [3.8, 4) is 0 Å². The highest BCUT2D eigenvalue weighted by molar-refractivity contribution is 7.89. The van der Waals surface area contributed by atoms with E-state index in [1.165, 1.54) is 0 Å². The summed E-state index contributed by atoms with van der Waals surface area (Å²) < 4.78 is 33.2. The van der Waals surface area contributed by atoms with Crippen molar-refractivity contribution < 1.29 is 13.2 Å². The van der Waals surface area contributed by atoms with Crippen LogP contribution in [0.3, 0.4) is 0 Å². The summed E-state index contributed by atoms with van der Waals surface area (Å²) in [5.41, 5.74) is 7.21. The van der Waals surface area contributed by atoms with E-state index in [1.807, 2.05) is 32.9 Å². The molecule has 0 fully saturated rings. The lowest BCUT2D eigenvalue weighted by molar-refractivity contribution is 0.157. The summed E-state index contributed by atoms with van der Waals surface area (Å²) in [7, 11) is -2.02. The van der Waals surface area contributed by atoms with Crippen molar-refractivity contribution in [1.29, 1.82) is 0 Å². The quantitative estimate of drug-likeness (QED) is 0.764. The van der Waals surface area contributed by atoms with Gasteiger partial charge in [0.2, 0.25) is 10.0 Å². The van der Waals surface area contributed by atoms with Crippen molar-refractivity contribution in [2.24, 2.45) is 11.7 Å². The molecule has 120 valence electrons. The molecule has 0 aliphatic heterocycles. The average Bonchev–Trinajstić information content (AvgIpc) is 2.45. The fourth-order valence-corrected chi connectivity index (χ4v) is 3.80. The fraction of sp³-hybridized carbons (Fsp3) is 0.600. The zero-order valence-corrected chi connectivity index (χ0v) is 14.0. The maximum absolute atomic E-state index is 12.7. The lowest BCUT2D eigenvalue weighted by atomic mass is 10.1. The third-order valence-electron chi connectivity index (χ3n) is 3.50. The minimum Gasteiger partial charge on any atom is -0.383 e. The van der Waals surface area contributed by atoms with Crippen molar-refractivity contribution in [2.45, 2.75) is 44.7 Å². The topological polar surface area (TPSA) is 81.4 Å². The van der Waals surface area contributed by atoms with Crippen LogP contribution in [0.1, 0.15) is 31.9 Å². The largest absolute Gasteiger partial charge is 0.383 e. The van der Waals surface area contributed by atoms with Gasteiger partial charge in [0, 0.05) is 19.7 Å². The van der Waals surface area contributed by atoms with Gasteiger partial charge in [0.15, 0.2) is 0 Å². The minimum absolute atomic E-state index is 0.141. The Hall–Kier alpha value is -0.950. The number of methoxy groups -OCH3 is 1. The van der Waals surface area contributed by atoms with Gasteiger partial charge in [-0.2, -0.15) is 0 Å². The number of ether oxygens (including phenoxy) is 1. The fourth-order valence-electron chi connectivity index (χ4n) is 2.07. The lowest BCUT2D eigenvalue weighted by Gasteiger charge is -2.22. The minimum atomic E-state index is -3.59. The van der Waals surface area contributed by atoms with Gasteiger partial charge in [0.05, 0.1) is 11.5 Å². The number of hydrogen-bond acceptors (Lipinski definition) is 4. The molecular weight excluding hydrogens is 288 g/mol. The first-order valence-electron chi connectivity index (χ1n) is 7.18. The van der Waals surface area contributed by atoms with Gasteiger partial charge in [-0.05, 0) is 29.5 Å². The predicted octanol–water partition coefficient (Wildman–Crippen LogP) is 1.66. The van der Waals surface area contributed by atoms with E-state index in [2.05, 4.69) is 4.72 Å². The molecule has 0 aliphatic rings. The molecule has 1 rings (SSSR count). The second-order valence-electron chi connectivity index (χ2n) is 5.43. The zero-order chi connectivity index (χ0) is 16.0.